The van der Waals surface area contributed by atoms with Crippen molar-refractivity contribution < 1.29 is 4.79 Å². The summed E-state index contributed by atoms with van der Waals surface area (Å²) >= 11 is 0. The highest BCUT2D eigenvalue weighted by Gasteiger charge is 2.30. The molecule has 1 aliphatic carbocycles. The molecule has 3 heterocycles. The minimum absolute atomic E-state index is 0.0417. The lowest BCUT2D eigenvalue weighted by Crippen LogP contribution is -2.53. The van der Waals surface area contributed by atoms with Crippen molar-refractivity contribution in [3.8, 4) is 0 Å². The third kappa shape index (κ3) is 3.07. The van der Waals surface area contributed by atoms with Crippen molar-refractivity contribution in [2.24, 2.45) is 0 Å². The molecule has 0 bridgehead atoms. The first kappa shape index (κ1) is 17.4. The number of hydrogen-bond donors (Lipinski definition) is 0. The van der Waals surface area contributed by atoms with Gasteiger partial charge in [0, 0.05) is 44.6 Å². The zero-order valence-corrected chi connectivity index (χ0v) is 16.2. The van der Waals surface area contributed by atoms with Gasteiger partial charge in [-0.05, 0) is 42.9 Å². The Bertz CT molecular complexity index is 1020. The first-order chi connectivity index (χ1) is 13.7. The molecule has 144 valence electrons. The van der Waals surface area contributed by atoms with Crippen LogP contribution in [0.5, 0.6) is 0 Å². The van der Waals surface area contributed by atoms with Gasteiger partial charge in [-0.1, -0.05) is 24.3 Å². The van der Waals surface area contributed by atoms with E-state index in [9.17, 15) is 4.79 Å². The molecular formula is C22H25N5O. The number of carbonyl (C=O) groups is 1. The maximum absolute atomic E-state index is 13.0. The van der Waals surface area contributed by atoms with Crippen LogP contribution < -0.4 is 0 Å². The molecule has 1 saturated heterocycles. The predicted molar refractivity (Wildman–Crippen MR) is 107 cm³/mol. The van der Waals surface area contributed by atoms with Crippen LogP contribution in [0.1, 0.15) is 33.5 Å². The van der Waals surface area contributed by atoms with Gasteiger partial charge < -0.3 is 4.90 Å². The fourth-order valence-electron chi connectivity index (χ4n) is 4.57. The lowest BCUT2D eigenvalue weighted by atomic mass is 9.87. The SMILES string of the molecule is Cc1cnc2c(C(=O)N3CCN(C4CCc5ccccc5C4)CC3)cnn2c1. The molecule has 0 saturated carbocycles. The molecule has 1 aliphatic heterocycles. The number of fused-ring (bicyclic) bond motifs is 2. The topological polar surface area (TPSA) is 53.7 Å². The Kier molecular flexibility index (Phi) is 4.36. The van der Waals surface area contributed by atoms with Gasteiger partial charge in [-0.3, -0.25) is 9.69 Å². The summed E-state index contributed by atoms with van der Waals surface area (Å²) in [6, 6.07) is 9.40. The highest BCUT2D eigenvalue weighted by atomic mass is 16.2. The molecule has 1 amide bonds. The molecule has 1 unspecified atom stereocenters. The van der Waals surface area contributed by atoms with Crippen LogP contribution in [0.3, 0.4) is 0 Å². The van der Waals surface area contributed by atoms with Crippen LogP contribution >= 0.6 is 0 Å². The standard InChI is InChI=1S/C22H25N5O/c1-16-13-23-21-20(14-24-27(21)15-16)22(28)26-10-8-25(9-11-26)19-7-6-17-4-2-3-5-18(17)12-19/h2-5,13-15,19H,6-12H2,1H3. The van der Waals surface area contributed by atoms with E-state index in [4.69, 9.17) is 0 Å². The van der Waals surface area contributed by atoms with Crippen molar-refractivity contribution in [2.45, 2.75) is 32.2 Å². The number of hydrogen-bond acceptors (Lipinski definition) is 4. The maximum atomic E-state index is 13.0. The normalized spacial score (nSPS) is 20.3. The van der Waals surface area contributed by atoms with Crippen LogP contribution in [0.15, 0.2) is 42.9 Å². The zero-order valence-electron chi connectivity index (χ0n) is 16.2. The second kappa shape index (κ2) is 7.02. The van der Waals surface area contributed by atoms with Gasteiger partial charge in [-0.25, -0.2) is 9.50 Å². The van der Waals surface area contributed by atoms with Crippen molar-refractivity contribution in [3.05, 3.63) is 65.1 Å². The van der Waals surface area contributed by atoms with Crippen LogP contribution in [-0.4, -0.2) is 62.5 Å². The Morgan fingerprint density at radius 2 is 1.86 bits per heavy atom. The van der Waals surface area contributed by atoms with Gasteiger partial charge in [0.1, 0.15) is 5.56 Å². The summed E-state index contributed by atoms with van der Waals surface area (Å²) in [5, 5.41) is 4.30. The van der Waals surface area contributed by atoms with Gasteiger partial charge in [0.05, 0.1) is 6.20 Å². The Labute approximate surface area is 164 Å². The largest absolute Gasteiger partial charge is 0.336 e. The van der Waals surface area contributed by atoms with Crippen molar-refractivity contribution in [3.63, 3.8) is 0 Å². The Morgan fingerprint density at radius 1 is 1.07 bits per heavy atom. The average Bonchev–Trinajstić information content (AvgIpc) is 3.16. The molecule has 6 nitrogen and oxygen atoms in total. The molecule has 2 aliphatic rings. The molecule has 0 N–H and O–H groups in total. The summed E-state index contributed by atoms with van der Waals surface area (Å²) in [5.41, 5.74) is 5.26. The van der Waals surface area contributed by atoms with E-state index in [0.29, 0.717) is 17.3 Å². The fourth-order valence-corrected chi connectivity index (χ4v) is 4.57. The van der Waals surface area contributed by atoms with E-state index < -0.39 is 0 Å². The van der Waals surface area contributed by atoms with E-state index in [-0.39, 0.29) is 5.91 Å². The average molecular weight is 375 g/mol. The number of nitrogens with zero attached hydrogens (tertiary/aromatic N) is 5. The van der Waals surface area contributed by atoms with Gasteiger partial charge in [0.15, 0.2) is 5.65 Å². The first-order valence-electron chi connectivity index (χ1n) is 10.1. The number of carbonyl (C=O) groups excluding carboxylic acids is 1. The molecule has 1 fully saturated rings. The lowest BCUT2D eigenvalue weighted by molar-refractivity contribution is 0.0554. The summed E-state index contributed by atoms with van der Waals surface area (Å²) in [7, 11) is 0. The third-order valence-electron chi connectivity index (χ3n) is 6.15. The van der Waals surface area contributed by atoms with Crippen molar-refractivity contribution in [1.82, 2.24) is 24.4 Å². The second-order valence-corrected chi connectivity index (χ2v) is 7.95. The molecule has 0 spiro atoms. The van der Waals surface area contributed by atoms with E-state index in [1.807, 2.05) is 18.0 Å². The monoisotopic (exact) mass is 375 g/mol. The highest BCUT2D eigenvalue weighted by Crippen LogP contribution is 2.25. The summed E-state index contributed by atoms with van der Waals surface area (Å²) < 4.78 is 1.69. The summed E-state index contributed by atoms with van der Waals surface area (Å²) in [6.07, 6.45) is 8.83. The molecule has 6 heteroatoms. The molecule has 5 rings (SSSR count). The van der Waals surface area contributed by atoms with Gasteiger partial charge in [0.25, 0.3) is 5.91 Å². The van der Waals surface area contributed by atoms with Crippen LogP contribution in [-0.2, 0) is 12.8 Å². The number of aromatic nitrogens is 3. The van der Waals surface area contributed by atoms with Gasteiger partial charge in [-0.15, -0.1) is 0 Å². The molecule has 0 radical (unpaired) electrons. The highest BCUT2D eigenvalue weighted by molar-refractivity contribution is 5.99. The lowest BCUT2D eigenvalue weighted by Gasteiger charge is -2.41. The van der Waals surface area contributed by atoms with Gasteiger partial charge in [-0.2, -0.15) is 5.10 Å². The Hall–Kier alpha value is -2.73. The van der Waals surface area contributed by atoms with Crippen molar-refractivity contribution >= 4 is 11.6 Å². The fraction of sp³-hybridized carbons (Fsp3) is 0.409. The van der Waals surface area contributed by atoms with E-state index in [2.05, 4.69) is 39.2 Å². The smallest absolute Gasteiger partial charge is 0.259 e. The third-order valence-corrected chi connectivity index (χ3v) is 6.15. The minimum atomic E-state index is 0.0417. The number of rotatable bonds is 2. The van der Waals surface area contributed by atoms with Crippen molar-refractivity contribution in [1.29, 1.82) is 0 Å². The van der Waals surface area contributed by atoms with Gasteiger partial charge in [0.2, 0.25) is 0 Å². The second-order valence-electron chi connectivity index (χ2n) is 7.95. The predicted octanol–water partition coefficient (Wildman–Crippen LogP) is 2.35. The van der Waals surface area contributed by atoms with Gasteiger partial charge >= 0.3 is 0 Å². The van der Waals surface area contributed by atoms with E-state index in [1.54, 1.807) is 16.9 Å². The van der Waals surface area contributed by atoms with E-state index in [0.717, 1.165) is 44.6 Å². The van der Waals surface area contributed by atoms with Crippen LogP contribution in [0.4, 0.5) is 0 Å². The van der Waals surface area contributed by atoms with E-state index in [1.165, 1.54) is 17.5 Å². The zero-order chi connectivity index (χ0) is 19.1. The minimum Gasteiger partial charge on any atom is -0.336 e. The van der Waals surface area contributed by atoms with Crippen molar-refractivity contribution in [2.75, 3.05) is 26.2 Å². The first-order valence-corrected chi connectivity index (χ1v) is 10.1. The number of aryl methyl sites for hydroxylation is 2. The Balaban J connectivity index is 1.25. The quantitative estimate of drug-likeness (QED) is 0.690. The molecule has 3 aromatic rings. The molecule has 2 aromatic heterocycles. The molecular weight excluding hydrogens is 350 g/mol. The Morgan fingerprint density at radius 3 is 2.68 bits per heavy atom. The van der Waals surface area contributed by atoms with Crippen LogP contribution in [0.25, 0.3) is 5.65 Å². The summed E-state index contributed by atoms with van der Waals surface area (Å²) in [5.74, 6) is 0.0417. The summed E-state index contributed by atoms with van der Waals surface area (Å²) in [4.78, 5) is 21.9. The summed E-state index contributed by atoms with van der Waals surface area (Å²) in [6.45, 7) is 5.37. The molecule has 28 heavy (non-hydrogen) atoms. The number of amides is 1. The van der Waals surface area contributed by atoms with E-state index >= 15 is 0 Å². The van der Waals surface area contributed by atoms with Crippen LogP contribution in [0, 0.1) is 6.92 Å². The number of benzene rings is 1. The molecule has 1 aromatic carbocycles. The molecule has 1 atom stereocenters. The number of piperazine rings is 1. The van der Waals surface area contributed by atoms with Crippen LogP contribution in [0.2, 0.25) is 0 Å². The maximum Gasteiger partial charge on any atom is 0.259 e.